The van der Waals surface area contributed by atoms with E-state index in [0.29, 0.717) is 16.5 Å². The summed E-state index contributed by atoms with van der Waals surface area (Å²) in [5, 5.41) is 3.50. The molecule has 0 spiro atoms. The highest BCUT2D eigenvalue weighted by molar-refractivity contribution is 7.98. The van der Waals surface area contributed by atoms with Crippen LogP contribution in [0.3, 0.4) is 0 Å². The predicted molar refractivity (Wildman–Crippen MR) is 107 cm³/mol. The van der Waals surface area contributed by atoms with Crippen LogP contribution in [0.15, 0.2) is 70.8 Å². The number of sulfone groups is 1. The fourth-order valence-electron chi connectivity index (χ4n) is 2.57. The van der Waals surface area contributed by atoms with E-state index < -0.39 is 9.84 Å². The molecular formula is C19H19N3O3S2. The van der Waals surface area contributed by atoms with Gasteiger partial charge in [0.1, 0.15) is 5.69 Å². The monoisotopic (exact) mass is 401 g/mol. The standard InChI is InChI=1S/C19H19N3O3S2/c1-3-27(24,25)16-11-9-14(10-12-16)21-18(23)17-13-20-19(26-2)22(17)15-7-5-4-6-8-15/h4-13H,3H2,1-2H3,(H,21,23). The Hall–Kier alpha value is -2.58. The molecule has 0 saturated carbocycles. The highest BCUT2D eigenvalue weighted by Gasteiger charge is 2.18. The average molecular weight is 402 g/mol. The van der Waals surface area contributed by atoms with Crippen LogP contribution in [0.2, 0.25) is 0 Å². The molecule has 3 rings (SSSR count). The molecule has 1 aromatic heterocycles. The number of aromatic nitrogens is 2. The molecule has 8 heteroatoms. The minimum absolute atomic E-state index is 0.0342. The molecule has 3 aromatic rings. The number of para-hydroxylation sites is 1. The molecule has 1 N–H and O–H groups in total. The van der Waals surface area contributed by atoms with Gasteiger partial charge >= 0.3 is 0 Å². The zero-order chi connectivity index (χ0) is 19.4. The van der Waals surface area contributed by atoms with Crippen LogP contribution in [0.25, 0.3) is 5.69 Å². The first-order chi connectivity index (χ1) is 13.0. The fraction of sp³-hybridized carbons (Fsp3) is 0.158. The van der Waals surface area contributed by atoms with E-state index in [2.05, 4.69) is 10.3 Å². The van der Waals surface area contributed by atoms with Crippen LogP contribution < -0.4 is 5.32 Å². The van der Waals surface area contributed by atoms with E-state index in [4.69, 9.17) is 0 Å². The van der Waals surface area contributed by atoms with Gasteiger partial charge < -0.3 is 5.32 Å². The van der Waals surface area contributed by atoms with E-state index >= 15 is 0 Å². The lowest BCUT2D eigenvalue weighted by Crippen LogP contribution is -2.16. The molecule has 0 aliphatic heterocycles. The van der Waals surface area contributed by atoms with Crippen molar-refractivity contribution in [3.8, 4) is 5.69 Å². The Morgan fingerprint density at radius 1 is 1.11 bits per heavy atom. The van der Waals surface area contributed by atoms with Crippen LogP contribution in [0.4, 0.5) is 5.69 Å². The summed E-state index contributed by atoms with van der Waals surface area (Å²) in [5.74, 6) is -0.287. The SMILES string of the molecule is CCS(=O)(=O)c1ccc(NC(=O)c2cnc(SC)n2-c2ccccc2)cc1. The third-order valence-corrected chi connectivity index (χ3v) is 6.41. The zero-order valence-electron chi connectivity index (χ0n) is 14.9. The van der Waals surface area contributed by atoms with Crippen LogP contribution >= 0.6 is 11.8 Å². The van der Waals surface area contributed by atoms with E-state index in [1.807, 2.05) is 36.6 Å². The lowest BCUT2D eigenvalue weighted by atomic mass is 10.3. The second kappa shape index (κ2) is 7.98. The molecule has 0 aliphatic carbocycles. The molecule has 6 nitrogen and oxygen atoms in total. The van der Waals surface area contributed by atoms with E-state index in [1.165, 1.54) is 30.1 Å². The van der Waals surface area contributed by atoms with Crippen molar-refractivity contribution < 1.29 is 13.2 Å². The largest absolute Gasteiger partial charge is 0.321 e. The van der Waals surface area contributed by atoms with Gasteiger partial charge in [0.05, 0.1) is 16.8 Å². The number of carbonyl (C=O) groups excluding carboxylic acids is 1. The van der Waals surface area contributed by atoms with Gasteiger partial charge in [0.25, 0.3) is 5.91 Å². The molecule has 2 aromatic carbocycles. The number of anilines is 1. The maximum Gasteiger partial charge on any atom is 0.274 e. The summed E-state index contributed by atoms with van der Waals surface area (Å²) in [6, 6.07) is 15.7. The van der Waals surface area contributed by atoms with Gasteiger partial charge in [-0.2, -0.15) is 0 Å². The van der Waals surface area contributed by atoms with Gasteiger partial charge in [-0.15, -0.1) is 0 Å². The van der Waals surface area contributed by atoms with E-state index in [1.54, 1.807) is 23.6 Å². The van der Waals surface area contributed by atoms with Crippen molar-refractivity contribution in [1.82, 2.24) is 9.55 Å². The lowest BCUT2D eigenvalue weighted by Gasteiger charge is -2.11. The highest BCUT2D eigenvalue weighted by Crippen LogP contribution is 2.23. The number of nitrogens with one attached hydrogen (secondary N) is 1. The molecule has 0 aliphatic rings. The molecule has 0 fully saturated rings. The number of hydrogen-bond donors (Lipinski definition) is 1. The molecule has 0 radical (unpaired) electrons. The van der Waals surface area contributed by atoms with Crippen LogP contribution in [-0.2, 0) is 9.84 Å². The number of imidazole rings is 1. The molecule has 0 saturated heterocycles. The van der Waals surface area contributed by atoms with Crippen molar-refractivity contribution in [2.75, 3.05) is 17.3 Å². The van der Waals surface area contributed by atoms with Crippen molar-refractivity contribution in [2.45, 2.75) is 17.0 Å². The maximum absolute atomic E-state index is 12.8. The second-order valence-electron chi connectivity index (χ2n) is 5.68. The number of rotatable bonds is 6. The van der Waals surface area contributed by atoms with Crippen molar-refractivity contribution >= 4 is 33.2 Å². The minimum Gasteiger partial charge on any atom is -0.321 e. The number of thioether (sulfide) groups is 1. The molecule has 27 heavy (non-hydrogen) atoms. The topological polar surface area (TPSA) is 81.1 Å². The normalized spacial score (nSPS) is 11.3. The third kappa shape index (κ3) is 4.06. The number of amides is 1. The molecule has 1 heterocycles. The van der Waals surface area contributed by atoms with E-state index in [-0.39, 0.29) is 16.6 Å². The predicted octanol–water partition coefficient (Wildman–Crippen LogP) is 3.64. The molecule has 140 valence electrons. The van der Waals surface area contributed by atoms with Gasteiger partial charge in [-0.05, 0) is 42.7 Å². The fourth-order valence-corrected chi connectivity index (χ4v) is 4.00. The summed E-state index contributed by atoms with van der Waals surface area (Å²) < 4.78 is 25.6. The van der Waals surface area contributed by atoms with Crippen LogP contribution in [0.1, 0.15) is 17.4 Å². The molecule has 0 atom stereocenters. The summed E-state index contributed by atoms with van der Waals surface area (Å²) in [6.07, 6.45) is 3.43. The quantitative estimate of drug-likeness (QED) is 0.638. The van der Waals surface area contributed by atoms with Crippen molar-refractivity contribution in [3.63, 3.8) is 0 Å². The Labute approximate surface area is 162 Å². The molecule has 0 unspecified atom stereocenters. The van der Waals surface area contributed by atoms with E-state index in [9.17, 15) is 13.2 Å². The first-order valence-electron chi connectivity index (χ1n) is 8.27. The van der Waals surface area contributed by atoms with Gasteiger partial charge in [-0.3, -0.25) is 9.36 Å². The first-order valence-corrected chi connectivity index (χ1v) is 11.2. The zero-order valence-corrected chi connectivity index (χ0v) is 16.5. The Bertz CT molecular complexity index is 1040. The van der Waals surface area contributed by atoms with Gasteiger partial charge in [-0.1, -0.05) is 36.9 Å². The van der Waals surface area contributed by atoms with Crippen molar-refractivity contribution in [3.05, 3.63) is 66.5 Å². The highest BCUT2D eigenvalue weighted by atomic mass is 32.2. The summed E-state index contributed by atoms with van der Waals surface area (Å²) in [5.41, 5.74) is 1.76. The Kier molecular flexibility index (Phi) is 5.67. The number of nitrogens with zero attached hydrogens (tertiary/aromatic N) is 2. The Morgan fingerprint density at radius 3 is 2.37 bits per heavy atom. The summed E-state index contributed by atoms with van der Waals surface area (Å²) in [6.45, 7) is 1.60. The molecule has 1 amide bonds. The molecule has 0 bridgehead atoms. The van der Waals surface area contributed by atoms with Crippen molar-refractivity contribution in [1.29, 1.82) is 0 Å². The molecular weight excluding hydrogens is 382 g/mol. The van der Waals surface area contributed by atoms with E-state index in [0.717, 1.165) is 5.69 Å². The smallest absolute Gasteiger partial charge is 0.274 e. The lowest BCUT2D eigenvalue weighted by molar-refractivity contribution is 0.102. The summed E-state index contributed by atoms with van der Waals surface area (Å²) in [7, 11) is -3.27. The van der Waals surface area contributed by atoms with Gasteiger partial charge in [0.2, 0.25) is 0 Å². The second-order valence-corrected chi connectivity index (χ2v) is 8.73. The van der Waals surface area contributed by atoms with Crippen LogP contribution in [0.5, 0.6) is 0 Å². The summed E-state index contributed by atoms with van der Waals surface area (Å²) in [4.78, 5) is 17.3. The van der Waals surface area contributed by atoms with Gasteiger partial charge in [0.15, 0.2) is 15.0 Å². The first kappa shape index (κ1) is 19.2. The third-order valence-electron chi connectivity index (χ3n) is 4.01. The van der Waals surface area contributed by atoms with Crippen molar-refractivity contribution in [2.24, 2.45) is 0 Å². The maximum atomic E-state index is 12.8. The number of carbonyl (C=O) groups is 1. The van der Waals surface area contributed by atoms with Gasteiger partial charge in [-0.25, -0.2) is 13.4 Å². The minimum atomic E-state index is -3.27. The summed E-state index contributed by atoms with van der Waals surface area (Å²) >= 11 is 1.45. The Morgan fingerprint density at radius 2 is 1.78 bits per heavy atom. The van der Waals surface area contributed by atoms with Gasteiger partial charge in [0, 0.05) is 11.4 Å². The van der Waals surface area contributed by atoms with Crippen LogP contribution in [-0.4, -0.2) is 35.9 Å². The number of hydrogen-bond acceptors (Lipinski definition) is 5. The Balaban J connectivity index is 1.88. The van der Waals surface area contributed by atoms with Crippen LogP contribution in [0, 0.1) is 0 Å². The number of benzene rings is 2. The average Bonchev–Trinajstić information content (AvgIpc) is 3.13.